The van der Waals surface area contributed by atoms with Crippen LogP contribution in [-0.2, 0) is 0 Å². The average molecular weight is 298 g/mol. The fourth-order valence-corrected chi connectivity index (χ4v) is 2.24. The molecule has 0 spiro atoms. The molecule has 2 aromatic rings. The molecule has 2 N–H and O–H groups in total. The predicted molar refractivity (Wildman–Crippen MR) is 77.2 cm³/mol. The van der Waals surface area contributed by atoms with E-state index in [1.807, 2.05) is 6.92 Å². The minimum atomic E-state index is -0.259. The highest BCUT2D eigenvalue weighted by Gasteiger charge is 2.16. The van der Waals surface area contributed by atoms with Gasteiger partial charge in [0.15, 0.2) is 0 Å². The number of benzene rings is 1. The normalized spacial score (nSPS) is 10.6. The summed E-state index contributed by atoms with van der Waals surface area (Å²) in [7, 11) is 0. The maximum absolute atomic E-state index is 12.2. The lowest BCUT2D eigenvalue weighted by atomic mass is 10.1. The quantitative estimate of drug-likeness (QED) is 0.883. The number of amides is 1. The van der Waals surface area contributed by atoms with Crippen LogP contribution in [0.5, 0.6) is 0 Å². The van der Waals surface area contributed by atoms with Gasteiger partial charge in [0.25, 0.3) is 5.91 Å². The van der Waals surface area contributed by atoms with Crippen LogP contribution < -0.4 is 5.32 Å². The number of hydrogen-bond donors (Lipinski definition) is 2. The Morgan fingerprint density at radius 1 is 1.21 bits per heavy atom. The largest absolute Gasteiger partial charge is 0.320 e. The second-order valence-electron chi connectivity index (χ2n) is 4.34. The molecule has 100 valence electrons. The molecule has 0 aliphatic rings. The monoisotopic (exact) mass is 297 g/mol. The zero-order valence-electron chi connectivity index (χ0n) is 10.8. The molecule has 0 aliphatic carbocycles. The molecule has 1 aromatic carbocycles. The third-order valence-corrected chi connectivity index (χ3v) is 3.57. The topological polar surface area (TPSA) is 57.8 Å². The summed E-state index contributed by atoms with van der Waals surface area (Å²) in [5.41, 5.74) is 3.23. The van der Waals surface area contributed by atoms with Crippen molar-refractivity contribution >= 4 is 34.8 Å². The summed E-state index contributed by atoms with van der Waals surface area (Å²) in [5.74, 6) is -0.259. The van der Waals surface area contributed by atoms with Gasteiger partial charge in [0, 0.05) is 10.7 Å². The maximum atomic E-state index is 12.2. The highest BCUT2D eigenvalue weighted by atomic mass is 35.5. The lowest BCUT2D eigenvalue weighted by molar-refractivity contribution is 0.102. The number of nitrogens with one attached hydrogen (secondary N) is 2. The molecule has 0 bridgehead atoms. The second kappa shape index (κ2) is 5.23. The molecule has 1 heterocycles. The first-order chi connectivity index (χ1) is 8.90. The van der Waals surface area contributed by atoms with Crippen LogP contribution in [0.15, 0.2) is 12.1 Å². The van der Waals surface area contributed by atoms with E-state index in [2.05, 4.69) is 15.5 Å². The van der Waals surface area contributed by atoms with E-state index >= 15 is 0 Å². The molecule has 6 heteroatoms. The number of anilines is 1. The fraction of sp³-hybridized carbons (Fsp3) is 0.231. The van der Waals surface area contributed by atoms with Gasteiger partial charge in [-0.15, -0.1) is 0 Å². The van der Waals surface area contributed by atoms with Crippen LogP contribution in [-0.4, -0.2) is 16.1 Å². The number of hydrogen-bond acceptors (Lipinski definition) is 2. The first kappa shape index (κ1) is 13.9. The predicted octanol–water partition coefficient (Wildman–Crippen LogP) is 3.89. The Balaban J connectivity index is 2.32. The second-order valence-corrected chi connectivity index (χ2v) is 5.16. The third-order valence-electron chi connectivity index (χ3n) is 2.85. The highest BCUT2D eigenvalue weighted by molar-refractivity contribution is 6.36. The minimum absolute atomic E-state index is 0.259. The number of rotatable bonds is 2. The Kier molecular flexibility index (Phi) is 3.83. The summed E-state index contributed by atoms with van der Waals surface area (Å²) in [6.45, 7) is 5.41. The molecule has 1 amide bonds. The highest BCUT2D eigenvalue weighted by Crippen LogP contribution is 2.29. The van der Waals surface area contributed by atoms with Crippen molar-refractivity contribution < 1.29 is 4.79 Å². The molecule has 0 radical (unpaired) electrons. The Hall–Kier alpha value is -1.52. The summed E-state index contributed by atoms with van der Waals surface area (Å²) in [4.78, 5) is 12.2. The van der Waals surface area contributed by atoms with Crippen LogP contribution in [0, 0.1) is 20.8 Å². The van der Waals surface area contributed by atoms with E-state index in [4.69, 9.17) is 23.2 Å². The summed E-state index contributed by atoms with van der Waals surface area (Å²) < 4.78 is 0. The van der Waals surface area contributed by atoms with Crippen molar-refractivity contribution in [2.24, 2.45) is 0 Å². The number of carbonyl (C=O) groups excluding carboxylic acids is 1. The molecule has 0 saturated carbocycles. The Morgan fingerprint density at radius 3 is 2.47 bits per heavy atom. The van der Waals surface area contributed by atoms with Crippen LogP contribution in [0.4, 0.5) is 5.69 Å². The van der Waals surface area contributed by atoms with Crippen molar-refractivity contribution in [1.82, 2.24) is 10.2 Å². The number of aryl methyl sites for hydroxylation is 3. The fourth-order valence-electron chi connectivity index (χ4n) is 1.81. The molecule has 19 heavy (non-hydrogen) atoms. The Morgan fingerprint density at radius 2 is 1.89 bits per heavy atom. The standard InChI is InChI=1S/C13H13Cl2N3O/c1-6-4-10(15)11(5-9(6)14)16-13(19)12-7(2)17-18-8(12)3/h4-5H,1-3H3,(H,16,19)(H,17,18). The van der Waals surface area contributed by atoms with Gasteiger partial charge < -0.3 is 5.32 Å². The van der Waals surface area contributed by atoms with Crippen molar-refractivity contribution in [3.63, 3.8) is 0 Å². The molecule has 0 unspecified atom stereocenters. The van der Waals surface area contributed by atoms with Crippen molar-refractivity contribution in [2.75, 3.05) is 5.32 Å². The molecular weight excluding hydrogens is 285 g/mol. The molecule has 0 atom stereocenters. The van der Waals surface area contributed by atoms with Crippen molar-refractivity contribution in [3.05, 3.63) is 44.7 Å². The molecule has 1 aromatic heterocycles. The Bertz CT molecular complexity index is 630. The molecule has 4 nitrogen and oxygen atoms in total. The van der Waals surface area contributed by atoms with Gasteiger partial charge in [-0.1, -0.05) is 23.2 Å². The lowest BCUT2D eigenvalue weighted by Crippen LogP contribution is -2.14. The van der Waals surface area contributed by atoms with Crippen molar-refractivity contribution in [2.45, 2.75) is 20.8 Å². The van der Waals surface area contributed by atoms with Gasteiger partial charge in [-0.3, -0.25) is 9.89 Å². The van der Waals surface area contributed by atoms with E-state index < -0.39 is 0 Å². The van der Waals surface area contributed by atoms with E-state index in [1.165, 1.54) is 0 Å². The van der Waals surface area contributed by atoms with Crippen LogP contribution >= 0.6 is 23.2 Å². The van der Waals surface area contributed by atoms with Crippen LogP contribution in [0.2, 0.25) is 10.0 Å². The lowest BCUT2D eigenvalue weighted by Gasteiger charge is -2.09. The van der Waals surface area contributed by atoms with Gasteiger partial charge in [0.05, 0.1) is 22.0 Å². The number of halogens is 2. The number of carbonyl (C=O) groups is 1. The van der Waals surface area contributed by atoms with E-state index in [1.54, 1.807) is 26.0 Å². The van der Waals surface area contributed by atoms with E-state index in [0.29, 0.717) is 32.7 Å². The van der Waals surface area contributed by atoms with Gasteiger partial charge in [0.2, 0.25) is 0 Å². The summed E-state index contributed by atoms with van der Waals surface area (Å²) in [6.07, 6.45) is 0. The van der Waals surface area contributed by atoms with Gasteiger partial charge >= 0.3 is 0 Å². The number of nitrogens with zero attached hydrogens (tertiary/aromatic N) is 1. The first-order valence-electron chi connectivity index (χ1n) is 5.68. The molecular formula is C13H13Cl2N3O. The Labute approximate surface area is 121 Å². The molecule has 2 rings (SSSR count). The van der Waals surface area contributed by atoms with Gasteiger partial charge in [-0.25, -0.2) is 0 Å². The number of H-pyrrole nitrogens is 1. The maximum Gasteiger partial charge on any atom is 0.259 e. The van der Waals surface area contributed by atoms with Crippen LogP contribution in [0.3, 0.4) is 0 Å². The van der Waals surface area contributed by atoms with Gasteiger partial charge in [0.1, 0.15) is 0 Å². The third kappa shape index (κ3) is 2.74. The van der Waals surface area contributed by atoms with E-state index in [-0.39, 0.29) is 5.91 Å². The molecule has 0 saturated heterocycles. The number of aromatic amines is 1. The smallest absolute Gasteiger partial charge is 0.259 e. The van der Waals surface area contributed by atoms with E-state index in [0.717, 1.165) is 5.56 Å². The van der Waals surface area contributed by atoms with Crippen molar-refractivity contribution in [1.29, 1.82) is 0 Å². The average Bonchev–Trinajstić information content (AvgIpc) is 2.66. The van der Waals surface area contributed by atoms with Crippen LogP contribution in [0.25, 0.3) is 0 Å². The SMILES string of the molecule is Cc1cc(Cl)c(NC(=O)c2c(C)n[nH]c2C)cc1Cl. The van der Waals surface area contributed by atoms with Gasteiger partial charge in [-0.05, 0) is 38.5 Å². The van der Waals surface area contributed by atoms with Gasteiger partial charge in [-0.2, -0.15) is 5.10 Å². The zero-order chi connectivity index (χ0) is 14.2. The van der Waals surface area contributed by atoms with Crippen LogP contribution in [0.1, 0.15) is 27.3 Å². The molecule has 0 fully saturated rings. The van der Waals surface area contributed by atoms with E-state index in [9.17, 15) is 4.79 Å². The molecule has 0 aliphatic heterocycles. The zero-order valence-corrected chi connectivity index (χ0v) is 12.3. The summed E-state index contributed by atoms with van der Waals surface area (Å²) in [6, 6.07) is 3.36. The first-order valence-corrected chi connectivity index (χ1v) is 6.44. The number of aromatic nitrogens is 2. The summed E-state index contributed by atoms with van der Waals surface area (Å²) >= 11 is 12.1. The van der Waals surface area contributed by atoms with Crippen molar-refractivity contribution in [3.8, 4) is 0 Å². The summed E-state index contributed by atoms with van der Waals surface area (Å²) in [5, 5.41) is 10.5. The minimum Gasteiger partial charge on any atom is -0.320 e.